The van der Waals surface area contributed by atoms with E-state index in [1.807, 2.05) is 4.90 Å². The molecule has 0 N–H and O–H groups in total. The summed E-state index contributed by atoms with van der Waals surface area (Å²) in [5.41, 5.74) is 0.615. The third-order valence-corrected chi connectivity index (χ3v) is 3.16. The Bertz CT molecular complexity index is 345. The summed E-state index contributed by atoms with van der Waals surface area (Å²) in [4.78, 5) is 9.96. The predicted octanol–water partition coefficient (Wildman–Crippen LogP) is 1.52. The lowest BCUT2D eigenvalue weighted by atomic mass is 10.4. The van der Waals surface area contributed by atoms with Crippen molar-refractivity contribution in [1.29, 1.82) is 0 Å². The van der Waals surface area contributed by atoms with Crippen molar-refractivity contribution in [2.75, 3.05) is 31.2 Å². The first-order chi connectivity index (χ1) is 7.18. The molecule has 0 unspecified atom stereocenters. The summed E-state index contributed by atoms with van der Waals surface area (Å²) in [5.74, 6) is -0.0690. The van der Waals surface area contributed by atoms with Gasteiger partial charge in [-0.1, -0.05) is 0 Å². The molecule has 0 amide bonds. The van der Waals surface area contributed by atoms with Crippen LogP contribution in [0.25, 0.3) is 0 Å². The van der Waals surface area contributed by atoms with Gasteiger partial charge in [0.2, 0.25) is 11.9 Å². The topological polar surface area (TPSA) is 38.2 Å². The van der Waals surface area contributed by atoms with Crippen molar-refractivity contribution in [3.63, 3.8) is 0 Å². The molecule has 0 bridgehead atoms. The maximum atomic E-state index is 13.3. The van der Waals surface area contributed by atoms with Crippen molar-refractivity contribution in [1.82, 2.24) is 9.97 Å². The van der Waals surface area contributed by atoms with E-state index < -0.39 is 5.95 Å². The highest BCUT2D eigenvalue weighted by Gasteiger charge is 2.16. The van der Waals surface area contributed by atoms with Gasteiger partial charge in [-0.05, 0) is 22.9 Å². The fourth-order valence-electron chi connectivity index (χ4n) is 1.42. The molecule has 2 rings (SSSR count). The highest BCUT2D eigenvalue weighted by atomic mass is 79.9. The van der Waals surface area contributed by atoms with Gasteiger partial charge in [-0.2, -0.15) is 9.37 Å². The average Bonchev–Trinajstić information content (AvgIpc) is 2.26. The SMILES string of the molecule is Cc1nc(N2CCOCC2)nc(F)c1Br. The maximum absolute atomic E-state index is 13.3. The summed E-state index contributed by atoms with van der Waals surface area (Å²) >= 11 is 3.09. The Morgan fingerprint density at radius 1 is 1.33 bits per heavy atom. The van der Waals surface area contributed by atoms with Gasteiger partial charge in [-0.15, -0.1) is 0 Å². The van der Waals surface area contributed by atoms with Crippen LogP contribution in [-0.2, 0) is 4.74 Å². The minimum atomic E-state index is -0.510. The van der Waals surface area contributed by atoms with Crippen LogP contribution in [-0.4, -0.2) is 36.3 Å². The van der Waals surface area contributed by atoms with E-state index in [2.05, 4.69) is 25.9 Å². The molecule has 0 spiro atoms. The molecule has 0 aromatic carbocycles. The lowest BCUT2D eigenvalue weighted by Crippen LogP contribution is -2.37. The second-order valence-electron chi connectivity index (χ2n) is 3.31. The van der Waals surface area contributed by atoms with Crippen LogP contribution >= 0.6 is 15.9 Å². The largest absolute Gasteiger partial charge is 0.378 e. The van der Waals surface area contributed by atoms with Gasteiger partial charge in [-0.25, -0.2) is 4.98 Å². The van der Waals surface area contributed by atoms with Gasteiger partial charge in [-0.3, -0.25) is 0 Å². The summed E-state index contributed by atoms with van der Waals surface area (Å²) in [7, 11) is 0. The molecule has 1 aromatic rings. The van der Waals surface area contributed by atoms with Gasteiger partial charge < -0.3 is 9.64 Å². The van der Waals surface area contributed by atoms with Crippen molar-refractivity contribution in [3.8, 4) is 0 Å². The lowest BCUT2D eigenvalue weighted by molar-refractivity contribution is 0.122. The molecule has 1 saturated heterocycles. The zero-order chi connectivity index (χ0) is 10.8. The summed E-state index contributed by atoms with van der Waals surface area (Å²) in [6.07, 6.45) is 0. The number of ether oxygens (including phenoxy) is 1. The van der Waals surface area contributed by atoms with Crippen molar-refractivity contribution in [2.24, 2.45) is 0 Å². The molecular formula is C9H11BrFN3O. The van der Waals surface area contributed by atoms with Crippen molar-refractivity contribution >= 4 is 21.9 Å². The van der Waals surface area contributed by atoms with Gasteiger partial charge in [0, 0.05) is 13.1 Å². The first-order valence-electron chi connectivity index (χ1n) is 4.71. The molecule has 1 aromatic heterocycles. The number of nitrogens with zero attached hydrogens (tertiary/aromatic N) is 3. The molecule has 6 heteroatoms. The zero-order valence-corrected chi connectivity index (χ0v) is 9.92. The molecule has 2 heterocycles. The van der Waals surface area contributed by atoms with Crippen molar-refractivity contribution < 1.29 is 9.13 Å². The number of morpholine rings is 1. The smallest absolute Gasteiger partial charge is 0.232 e. The van der Waals surface area contributed by atoms with Gasteiger partial charge in [0.1, 0.15) is 0 Å². The first-order valence-corrected chi connectivity index (χ1v) is 5.50. The monoisotopic (exact) mass is 275 g/mol. The van der Waals surface area contributed by atoms with Crippen LogP contribution in [0.4, 0.5) is 10.3 Å². The number of halogens is 2. The predicted molar refractivity (Wildman–Crippen MR) is 57.5 cm³/mol. The normalized spacial score (nSPS) is 16.9. The molecule has 1 fully saturated rings. The van der Waals surface area contributed by atoms with Crippen molar-refractivity contribution in [2.45, 2.75) is 6.92 Å². The van der Waals surface area contributed by atoms with E-state index in [0.29, 0.717) is 42.4 Å². The Labute approximate surface area is 95.6 Å². The lowest BCUT2D eigenvalue weighted by Gasteiger charge is -2.26. The average molecular weight is 276 g/mol. The first kappa shape index (κ1) is 10.8. The summed E-state index contributed by atoms with van der Waals surface area (Å²) in [5, 5.41) is 0. The second-order valence-corrected chi connectivity index (χ2v) is 4.11. The molecule has 0 atom stereocenters. The van der Waals surface area contributed by atoms with E-state index in [1.165, 1.54) is 0 Å². The van der Waals surface area contributed by atoms with Crippen LogP contribution in [0.5, 0.6) is 0 Å². The Balaban J connectivity index is 2.27. The minimum Gasteiger partial charge on any atom is -0.378 e. The fraction of sp³-hybridized carbons (Fsp3) is 0.556. The third kappa shape index (κ3) is 2.26. The van der Waals surface area contributed by atoms with E-state index in [1.54, 1.807) is 6.92 Å². The molecule has 0 radical (unpaired) electrons. The minimum absolute atomic E-state index is 0.333. The molecule has 15 heavy (non-hydrogen) atoms. The number of hydrogen-bond donors (Lipinski definition) is 0. The Kier molecular flexibility index (Phi) is 3.16. The Hall–Kier alpha value is -0.750. The molecule has 0 saturated carbocycles. The molecular weight excluding hydrogens is 265 g/mol. The standard InChI is InChI=1S/C9H11BrFN3O/c1-6-7(10)8(11)13-9(12-6)14-2-4-15-5-3-14/h2-5H2,1H3. The van der Waals surface area contributed by atoms with Gasteiger partial charge in [0.25, 0.3) is 0 Å². The highest BCUT2D eigenvalue weighted by molar-refractivity contribution is 9.10. The zero-order valence-electron chi connectivity index (χ0n) is 8.33. The molecule has 0 aliphatic carbocycles. The quantitative estimate of drug-likeness (QED) is 0.729. The third-order valence-electron chi connectivity index (χ3n) is 2.26. The van der Waals surface area contributed by atoms with Crippen LogP contribution in [0.3, 0.4) is 0 Å². The van der Waals surface area contributed by atoms with E-state index in [4.69, 9.17) is 4.74 Å². The summed E-state index contributed by atoms with van der Waals surface area (Å²) in [6.45, 7) is 4.44. The van der Waals surface area contributed by atoms with E-state index >= 15 is 0 Å². The number of rotatable bonds is 1. The van der Waals surface area contributed by atoms with Gasteiger partial charge in [0.05, 0.1) is 23.4 Å². The summed E-state index contributed by atoms with van der Waals surface area (Å²) in [6, 6.07) is 0. The maximum Gasteiger partial charge on any atom is 0.232 e. The van der Waals surface area contributed by atoms with E-state index in [0.717, 1.165) is 0 Å². The molecule has 4 nitrogen and oxygen atoms in total. The van der Waals surface area contributed by atoms with Crippen LogP contribution < -0.4 is 4.90 Å². The molecule has 1 aliphatic rings. The number of anilines is 1. The van der Waals surface area contributed by atoms with Crippen LogP contribution in [0.15, 0.2) is 4.47 Å². The number of hydrogen-bond acceptors (Lipinski definition) is 4. The Morgan fingerprint density at radius 2 is 2.00 bits per heavy atom. The Morgan fingerprint density at radius 3 is 2.60 bits per heavy atom. The second kappa shape index (κ2) is 4.40. The number of aryl methyl sites for hydroxylation is 1. The van der Waals surface area contributed by atoms with Crippen LogP contribution in [0.1, 0.15) is 5.69 Å². The highest BCUT2D eigenvalue weighted by Crippen LogP contribution is 2.20. The van der Waals surface area contributed by atoms with Crippen molar-refractivity contribution in [3.05, 3.63) is 16.1 Å². The fourth-order valence-corrected chi connectivity index (χ4v) is 1.59. The number of aromatic nitrogens is 2. The van der Waals surface area contributed by atoms with Crippen LogP contribution in [0.2, 0.25) is 0 Å². The van der Waals surface area contributed by atoms with E-state index in [9.17, 15) is 4.39 Å². The van der Waals surface area contributed by atoms with Crippen LogP contribution in [0, 0.1) is 12.9 Å². The summed E-state index contributed by atoms with van der Waals surface area (Å²) < 4.78 is 18.9. The van der Waals surface area contributed by atoms with E-state index in [-0.39, 0.29) is 0 Å². The molecule has 1 aliphatic heterocycles. The van der Waals surface area contributed by atoms with Gasteiger partial charge in [0.15, 0.2) is 0 Å². The van der Waals surface area contributed by atoms with Gasteiger partial charge >= 0.3 is 0 Å². The molecule has 82 valence electrons.